The molecule has 0 saturated heterocycles. The number of nitro benzene ring substituents is 3. The molecule has 2 rings (SSSR count). The SMILES string of the molecule is O=[N+]([O-])c1cc([N+](=O)[O-])c(C=Cc2ccc(Br)cc2)c([N+](=O)[O-])c1. The number of nitro groups is 3. The molecule has 9 nitrogen and oxygen atoms in total. The van der Waals surface area contributed by atoms with Gasteiger partial charge in [-0.25, -0.2) is 0 Å². The van der Waals surface area contributed by atoms with Crippen molar-refractivity contribution in [2.24, 2.45) is 0 Å². The molecule has 0 unspecified atom stereocenters. The number of hydrogen-bond acceptors (Lipinski definition) is 6. The largest absolute Gasteiger partial charge is 0.290 e. The van der Waals surface area contributed by atoms with E-state index in [1.54, 1.807) is 24.3 Å². The van der Waals surface area contributed by atoms with Crippen LogP contribution in [0.25, 0.3) is 12.2 Å². The Balaban J connectivity index is 2.61. The van der Waals surface area contributed by atoms with Crippen molar-refractivity contribution in [2.45, 2.75) is 0 Å². The van der Waals surface area contributed by atoms with Crippen LogP contribution >= 0.6 is 15.9 Å². The van der Waals surface area contributed by atoms with Gasteiger partial charge in [0.05, 0.1) is 26.9 Å². The van der Waals surface area contributed by atoms with Gasteiger partial charge in [-0.15, -0.1) is 0 Å². The van der Waals surface area contributed by atoms with Crippen molar-refractivity contribution in [3.8, 4) is 0 Å². The molecule has 2 aromatic carbocycles. The van der Waals surface area contributed by atoms with Gasteiger partial charge in [0.1, 0.15) is 5.56 Å². The van der Waals surface area contributed by atoms with Gasteiger partial charge in [-0.1, -0.05) is 34.1 Å². The average molecular weight is 394 g/mol. The Kier molecular flexibility index (Phi) is 4.99. The summed E-state index contributed by atoms with van der Waals surface area (Å²) in [6, 6.07) is 8.27. The molecule has 0 fully saturated rings. The van der Waals surface area contributed by atoms with E-state index in [4.69, 9.17) is 0 Å². The Morgan fingerprint density at radius 1 is 0.792 bits per heavy atom. The molecule has 0 bridgehead atoms. The van der Waals surface area contributed by atoms with Crippen molar-refractivity contribution in [3.05, 3.63) is 82.3 Å². The lowest BCUT2D eigenvalue weighted by atomic mass is 10.1. The van der Waals surface area contributed by atoms with E-state index in [1.807, 2.05) is 0 Å². The predicted molar refractivity (Wildman–Crippen MR) is 89.5 cm³/mol. The third-order valence-electron chi connectivity index (χ3n) is 3.04. The summed E-state index contributed by atoms with van der Waals surface area (Å²) < 4.78 is 0.826. The molecular formula is C14H8BrN3O6. The summed E-state index contributed by atoms with van der Waals surface area (Å²) in [4.78, 5) is 30.4. The lowest BCUT2D eigenvalue weighted by molar-refractivity contribution is -0.403. The Hall–Kier alpha value is -3.14. The predicted octanol–water partition coefficient (Wildman–Crippen LogP) is 4.34. The Morgan fingerprint density at radius 2 is 1.29 bits per heavy atom. The zero-order valence-corrected chi connectivity index (χ0v) is 13.4. The molecule has 0 aliphatic carbocycles. The first-order chi connectivity index (χ1) is 11.3. The number of halogens is 1. The van der Waals surface area contributed by atoms with Gasteiger partial charge < -0.3 is 0 Å². The van der Waals surface area contributed by atoms with Gasteiger partial charge in [-0.3, -0.25) is 30.3 Å². The normalized spacial score (nSPS) is 10.7. The number of nitrogens with zero attached hydrogens (tertiary/aromatic N) is 3. The first-order valence-electron chi connectivity index (χ1n) is 6.34. The van der Waals surface area contributed by atoms with Crippen LogP contribution in [0.3, 0.4) is 0 Å². The Morgan fingerprint density at radius 3 is 1.71 bits per heavy atom. The number of hydrogen-bond donors (Lipinski definition) is 0. The number of non-ortho nitro benzene ring substituents is 1. The fraction of sp³-hybridized carbons (Fsp3) is 0. The highest BCUT2D eigenvalue weighted by molar-refractivity contribution is 9.10. The van der Waals surface area contributed by atoms with Crippen LogP contribution in [0.5, 0.6) is 0 Å². The zero-order chi connectivity index (χ0) is 17.9. The highest BCUT2D eigenvalue weighted by Gasteiger charge is 2.28. The molecule has 24 heavy (non-hydrogen) atoms. The van der Waals surface area contributed by atoms with E-state index in [2.05, 4.69) is 15.9 Å². The highest BCUT2D eigenvalue weighted by atomic mass is 79.9. The third kappa shape index (κ3) is 3.79. The summed E-state index contributed by atoms with van der Waals surface area (Å²) in [7, 11) is 0. The summed E-state index contributed by atoms with van der Waals surface area (Å²) in [5, 5.41) is 33.1. The molecule has 0 aromatic heterocycles. The molecule has 0 aliphatic heterocycles. The maximum atomic E-state index is 11.1. The summed E-state index contributed by atoms with van der Waals surface area (Å²) >= 11 is 3.26. The van der Waals surface area contributed by atoms with E-state index in [1.165, 1.54) is 12.2 Å². The van der Waals surface area contributed by atoms with Crippen LogP contribution in [-0.4, -0.2) is 14.8 Å². The Bertz CT molecular complexity index is 828. The third-order valence-corrected chi connectivity index (χ3v) is 3.57. The van der Waals surface area contributed by atoms with Crippen LogP contribution in [0.15, 0.2) is 40.9 Å². The molecule has 0 spiro atoms. The monoisotopic (exact) mass is 393 g/mol. The average Bonchev–Trinajstić information content (AvgIpc) is 2.53. The van der Waals surface area contributed by atoms with E-state index < -0.39 is 31.8 Å². The van der Waals surface area contributed by atoms with Gasteiger partial charge >= 0.3 is 0 Å². The van der Waals surface area contributed by atoms with Crippen LogP contribution in [0.4, 0.5) is 17.1 Å². The second-order valence-corrected chi connectivity index (χ2v) is 5.47. The second-order valence-electron chi connectivity index (χ2n) is 4.55. The van der Waals surface area contributed by atoms with Crippen LogP contribution < -0.4 is 0 Å². The minimum absolute atomic E-state index is 0.307. The summed E-state index contributed by atoms with van der Waals surface area (Å²) in [5.74, 6) is 0. The van der Waals surface area contributed by atoms with Gasteiger partial charge in [0.15, 0.2) is 0 Å². The lowest BCUT2D eigenvalue weighted by Crippen LogP contribution is -2.00. The van der Waals surface area contributed by atoms with Crippen LogP contribution in [0.2, 0.25) is 0 Å². The number of benzene rings is 2. The highest BCUT2D eigenvalue weighted by Crippen LogP contribution is 2.35. The van der Waals surface area contributed by atoms with E-state index in [-0.39, 0.29) is 5.56 Å². The molecule has 0 atom stereocenters. The molecule has 0 N–H and O–H groups in total. The Labute approximate surface area is 142 Å². The van der Waals surface area contributed by atoms with Gasteiger partial charge in [-0.2, -0.15) is 0 Å². The van der Waals surface area contributed by atoms with Crippen molar-refractivity contribution in [2.75, 3.05) is 0 Å². The van der Waals surface area contributed by atoms with Gasteiger partial charge in [-0.05, 0) is 23.8 Å². The van der Waals surface area contributed by atoms with Crippen LogP contribution in [0.1, 0.15) is 11.1 Å². The molecule has 10 heteroatoms. The summed E-state index contributed by atoms with van der Waals surface area (Å²) in [6.07, 6.45) is 2.65. The topological polar surface area (TPSA) is 129 Å². The van der Waals surface area contributed by atoms with Gasteiger partial charge in [0.25, 0.3) is 17.1 Å². The van der Waals surface area contributed by atoms with E-state index >= 15 is 0 Å². The van der Waals surface area contributed by atoms with Crippen LogP contribution in [0, 0.1) is 30.3 Å². The molecular weight excluding hydrogens is 386 g/mol. The minimum Gasteiger partial charge on any atom is -0.258 e. The maximum Gasteiger partial charge on any atom is 0.290 e. The first-order valence-corrected chi connectivity index (χ1v) is 7.13. The molecule has 0 heterocycles. The summed E-state index contributed by atoms with van der Waals surface area (Å²) in [5.41, 5.74) is -1.78. The zero-order valence-electron chi connectivity index (χ0n) is 11.8. The van der Waals surface area contributed by atoms with Crippen molar-refractivity contribution in [3.63, 3.8) is 0 Å². The maximum absolute atomic E-state index is 11.1. The van der Waals surface area contributed by atoms with Crippen molar-refractivity contribution < 1.29 is 14.8 Å². The fourth-order valence-corrected chi connectivity index (χ4v) is 2.20. The van der Waals surface area contributed by atoms with Crippen molar-refractivity contribution in [1.82, 2.24) is 0 Å². The van der Waals surface area contributed by atoms with Crippen molar-refractivity contribution >= 4 is 45.1 Å². The van der Waals surface area contributed by atoms with E-state index in [0.29, 0.717) is 17.7 Å². The second kappa shape index (κ2) is 6.96. The fourth-order valence-electron chi connectivity index (χ4n) is 1.94. The van der Waals surface area contributed by atoms with E-state index in [9.17, 15) is 30.3 Å². The van der Waals surface area contributed by atoms with Gasteiger partial charge in [0, 0.05) is 4.47 Å². The van der Waals surface area contributed by atoms with Crippen LogP contribution in [-0.2, 0) is 0 Å². The smallest absolute Gasteiger partial charge is 0.258 e. The molecule has 0 amide bonds. The van der Waals surface area contributed by atoms with Gasteiger partial charge in [0.2, 0.25) is 0 Å². The van der Waals surface area contributed by atoms with Crippen molar-refractivity contribution in [1.29, 1.82) is 0 Å². The first kappa shape index (κ1) is 17.2. The standard InChI is InChI=1S/C14H8BrN3O6/c15-10-4-1-9(2-5-10)3-6-12-13(17(21)22)7-11(16(19)20)8-14(12)18(23)24/h1-8H. The van der Waals surface area contributed by atoms with E-state index in [0.717, 1.165) is 4.47 Å². The molecule has 2 aromatic rings. The quantitative estimate of drug-likeness (QED) is 0.421. The molecule has 0 aliphatic rings. The summed E-state index contributed by atoms with van der Waals surface area (Å²) in [6.45, 7) is 0. The number of rotatable bonds is 5. The minimum atomic E-state index is -0.914. The molecule has 0 radical (unpaired) electrons. The lowest BCUT2D eigenvalue weighted by Gasteiger charge is -2.01. The molecule has 0 saturated carbocycles. The molecule has 122 valence electrons.